The maximum atomic E-state index is 13.9. The number of fused-ring (bicyclic) bond motifs is 1. The lowest BCUT2D eigenvalue weighted by Crippen LogP contribution is -2.12. The van der Waals surface area contributed by atoms with Gasteiger partial charge in [0.25, 0.3) is 0 Å². The number of nitrogens with zero attached hydrogens (tertiary/aromatic N) is 3. The first-order chi connectivity index (χ1) is 11.6. The maximum Gasteiger partial charge on any atom is 0.208 e. The summed E-state index contributed by atoms with van der Waals surface area (Å²) >= 11 is 0. The SMILES string of the molecule is Fc1cc(F)c(Nc2nc3cnccc3n2[C@H]2CCOC2)c(F)c1. The summed E-state index contributed by atoms with van der Waals surface area (Å²) in [6.07, 6.45) is 3.96. The van der Waals surface area contributed by atoms with Crippen LogP contribution in [0.25, 0.3) is 11.0 Å². The van der Waals surface area contributed by atoms with Gasteiger partial charge in [-0.25, -0.2) is 18.2 Å². The van der Waals surface area contributed by atoms with Crippen LogP contribution in [0.4, 0.5) is 24.8 Å². The number of pyridine rings is 1. The first-order valence-corrected chi connectivity index (χ1v) is 7.45. The Labute approximate surface area is 135 Å². The predicted octanol–water partition coefficient (Wildman–Crippen LogP) is 3.55. The molecule has 3 heterocycles. The van der Waals surface area contributed by atoms with E-state index < -0.39 is 23.1 Å². The Kier molecular flexibility index (Phi) is 3.61. The smallest absolute Gasteiger partial charge is 0.208 e. The van der Waals surface area contributed by atoms with Crippen LogP contribution in [0.1, 0.15) is 12.5 Å². The second kappa shape index (κ2) is 5.79. The minimum Gasteiger partial charge on any atom is -0.379 e. The highest BCUT2D eigenvalue weighted by Gasteiger charge is 2.24. The average molecular weight is 334 g/mol. The number of rotatable bonds is 3. The lowest BCUT2D eigenvalue weighted by Gasteiger charge is -2.16. The quantitative estimate of drug-likeness (QED) is 0.796. The molecule has 1 N–H and O–H groups in total. The van der Waals surface area contributed by atoms with E-state index in [1.165, 1.54) is 0 Å². The van der Waals surface area contributed by atoms with E-state index in [1.807, 2.05) is 4.57 Å². The Bertz CT molecular complexity index is 882. The number of nitrogens with one attached hydrogen (secondary N) is 1. The molecule has 1 aromatic carbocycles. The van der Waals surface area contributed by atoms with E-state index in [0.717, 1.165) is 11.9 Å². The standard InChI is InChI=1S/C16H13F3N4O/c17-9-5-11(18)15(12(19)6-9)22-16-21-13-7-20-3-1-14(13)23(16)10-2-4-24-8-10/h1,3,5-7,10H,2,4,8H2,(H,21,22)/t10-/m0/s1. The number of aromatic nitrogens is 3. The van der Waals surface area contributed by atoms with E-state index >= 15 is 0 Å². The van der Waals surface area contributed by atoms with Crippen molar-refractivity contribution < 1.29 is 17.9 Å². The molecular formula is C16H13F3N4O. The predicted molar refractivity (Wildman–Crippen MR) is 81.6 cm³/mol. The zero-order valence-electron chi connectivity index (χ0n) is 12.5. The molecular weight excluding hydrogens is 321 g/mol. The van der Waals surface area contributed by atoms with Gasteiger partial charge in [-0.15, -0.1) is 0 Å². The number of halogens is 3. The van der Waals surface area contributed by atoms with Crippen LogP contribution in [-0.4, -0.2) is 27.7 Å². The van der Waals surface area contributed by atoms with Crippen LogP contribution < -0.4 is 5.32 Å². The molecule has 5 nitrogen and oxygen atoms in total. The summed E-state index contributed by atoms with van der Waals surface area (Å²) in [5, 5.41) is 2.65. The van der Waals surface area contributed by atoms with Gasteiger partial charge in [0.1, 0.15) is 17.0 Å². The van der Waals surface area contributed by atoms with Gasteiger partial charge in [-0.05, 0) is 12.5 Å². The van der Waals surface area contributed by atoms with Gasteiger partial charge in [0, 0.05) is 24.9 Å². The highest BCUT2D eigenvalue weighted by atomic mass is 19.1. The second-order valence-corrected chi connectivity index (χ2v) is 5.56. The monoisotopic (exact) mass is 334 g/mol. The molecule has 1 saturated heterocycles. The van der Waals surface area contributed by atoms with Crippen molar-refractivity contribution in [3.63, 3.8) is 0 Å². The largest absolute Gasteiger partial charge is 0.379 e. The van der Waals surface area contributed by atoms with Crippen molar-refractivity contribution >= 4 is 22.7 Å². The van der Waals surface area contributed by atoms with Crippen LogP contribution in [0, 0.1) is 17.5 Å². The van der Waals surface area contributed by atoms with Crippen molar-refractivity contribution in [2.75, 3.05) is 18.5 Å². The molecule has 0 unspecified atom stereocenters. The Hall–Kier alpha value is -2.61. The number of hydrogen-bond acceptors (Lipinski definition) is 4. The summed E-state index contributed by atoms with van der Waals surface area (Å²) in [5.41, 5.74) is 0.931. The summed E-state index contributed by atoms with van der Waals surface area (Å²) in [5.74, 6) is -2.76. The number of hydrogen-bond donors (Lipinski definition) is 1. The molecule has 0 aliphatic carbocycles. The van der Waals surface area contributed by atoms with Gasteiger partial charge in [-0.1, -0.05) is 0 Å². The number of ether oxygens (including phenoxy) is 1. The van der Waals surface area contributed by atoms with Gasteiger partial charge in [-0.2, -0.15) is 0 Å². The average Bonchev–Trinajstić information content (AvgIpc) is 3.17. The van der Waals surface area contributed by atoms with E-state index in [9.17, 15) is 13.2 Å². The third-order valence-corrected chi connectivity index (χ3v) is 4.01. The zero-order chi connectivity index (χ0) is 16.7. The van der Waals surface area contributed by atoms with Gasteiger partial charge < -0.3 is 14.6 Å². The highest BCUT2D eigenvalue weighted by Crippen LogP contribution is 2.32. The van der Waals surface area contributed by atoms with Crippen molar-refractivity contribution in [2.45, 2.75) is 12.5 Å². The van der Waals surface area contributed by atoms with Crippen LogP contribution in [0.5, 0.6) is 0 Å². The van der Waals surface area contributed by atoms with Gasteiger partial charge in [-0.3, -0.25) is 4.98 Å². The van der Waals surface area contributed by atoms with Gasteiger partial charge >= 0.3 is 0 Å². The van der Waals surface area contributed by atoms with Crippen molar-refractivity contribution in [3.05, 3.63) is 48.0 Å². The van der Waals surface area contributed by atoms with E-state index in [0.29, 0.717) is 30.9 Å². The molecule has 0 spiro atoms. The van der Waals surface area contributed by atoms with Crippen LogP contribution >= 0.6 is 0 Å². The van der Waals surface area contributed by atoms with Crippen molar-refractivity contribution in [2.24, 2.45) is 0 Å². The van der Waals surface area contributed by atoms with E-state index in [-0.39, 0.29) is 12.0 Å². The highest BCUT2D eigenvalue weighted by molar-refractivity contribution is 5.79. The normalized spacial score (nSPS) is 17.5. The molecule has 0 saturated carbocycles. The van der Waals surface area contributed by atoms with Crippen molar-refractivity contribution in [1.29, 1.82) is 0 Å². The molecule has 2 aromatic heterocycles. The second-order valence-electron chi connectivity index (χ2n) is 5.56. The Balaban J connectivity index is 1.83. The first-order valence-electron chi connectivity index (χ1n) is 7.45. The van der Waals surface area contributed by atoms with Gasteiger partial charge in [0.2, 0.25) is 5.95 Å². The molecule has 1 aliphatic heterocycles. The minimum atomic E-state index is -1.02. The Morgan fingerprint density at radius 2 is 2.00 bits per heavy atom. The number of imidazole rings is 1. The molecule has 8 heteroatoms. The molecule has 1 fully saturated rings. The van der Waals surface area contributed by atoms with E-state index in [1.54, 1.807) is 18.5 Å². The summed E-state index contributed by atoms with van der Waals surface area (Å²) in [7, 11) is 0. The molecule has 124 valence electrons. The lowest BCUT2D eigenvalue weighted by atomic mass is 10.2. The number of benzene rings is 1. The number of anilines is 2. The Morgan fingerprint density at radius 3 is 2.71 bits per heavy atom. The summed E-state index contributed by atoms with van der Waals surface area (Å²) in [4.78, 5) is 8.38. The summed E-state index contributed by atoms with van der Waals surface area (Å²) < 4.78 is 48.2. The molecule has 0 bridgehead atoms. The third-order valence-electron chi connectivity index (χ3n) is 4.01. The van der Waals surface area contributed by atoms with Gasteiger partial charge in [0.15, 0.2) is 11.6 Å². The van der Waals surface area contributed by atoms with Gasteiger partial charge in [0.05, 0.1) is 24.4 Å². The van der Waals surface area contributed by atoms with Crippen LogP contribution in [0.3, 0.4) is 0 Å². The molecule has 3 aromatic rings. The van der Waals surface area contributed by atoms with Crippen LogP contribution in [-0.2, 0) is 4.74 Å². The molecule has 0 radical (unpaired) electrons. The fourth-order valence-corrected chi connectivity index (χ4v) is 2.91. The third kappa shape index (κ3) is 2.48. The first kappa shape index (κ1) is 14.9. The Morgan fingerprint density at radius 1 is 1.21 bits per heavy atom. The molecule has 1 atom stereocenters. The van der Waals surface area contributed by atoms with Crippen molar-refractivity contribution in [3.8, 4) is 0 Å². The van der Waals surface area contributed by atoms with Crippen LogP contribution in [0.15, 0.2) is 30.6 Å². The fraction of sp³-hybridized carbons (Fsp3) is 0.250. The van der Waals surface area contributed by atoms with E-state index in [4.69, 9.17) is 4.74 Å². The maximum absolute atomic E-state index is 13.9. The minimum absolute atomic E-state index is 0.00790. The van der Waals surface area contributed by atoms with E-state index in [2.05, 4.69) is 15.3 Å². The van der Waals surface area contributed by atoms with Crippen molar-refractivity contribution in [1.82, 2.24) is 14.5 Å². The lowest BCUT2D eigenvalue weighted by molar-refractivity contribution is 0.187. The molecule has 4 rings (SSSR count). The van der Waals surface area contributed by atoms with Crippen LogP contribution in [0.2, 0.25) is 0 Å². The topological polar surface area (TPSA) is 52.0 Å². The molecule has 24 heavy (non-hydrogen) atoms. The molecule has 1 aliphatic rings. The fourth-order valence-electron chi connectivity index (χ4n) is 2.91. The summed E-state index contributed by atoms with van der Waals surface area (Å²) in [6.45, 7) is 1.09. The summed E-state index contributed by atoms with van der Waals surface area (Å²) in [6, 6.07) is 3.02. The zero-order valence-corrected chi connectivity index (χ0v) is 12.5. The molecule has 0 amide bonds.